The first-order chi connectivity index (χ1) is 18.4. The number of rotatable bonds is 11. The van der Waals surface area contributed by atoms with Crippen LogP contribution in [0, 0.1) is 12.8 Å². The molecule has 198 valence electrons. The van der Waals surface area contributed by atoms with E-state index in [1.54, 1.807) is 15.6 Å². The normalized spacial score (nSPS) is 11.9. The van der Waals surface area contributed by atoms with E-state index in [1.165, 1.54) is 0 Å². The number of fused-ring (bicyclic) bond motifs is 1. The molecule has 0 aliphatic rings. The van der Waals surface area contributed by atoms with Gasteiger partial charge in [0, 0.05) is 18.3 Å². The van der Waals surface area contributed by atoms with Gasteiger partial charge in [0.25, 0.3) is 0 Å². The van der Waals surface area contributed by atoms with Crippen molar-refractivity contribution in [2.24, 2.45) is 5.92 Å². The van der Waals surface area contributed by atoms with E-state index in [4.69, 9.17) is 4.74 Å². The summed E-state index contributed by atoms with van der Waals surface area (Å²) in [6.07, 6.45) is 0.838. The quantitative estimate of drug-likeness (QED) is 0.302. The fourth-order valence-corrected chi connectivity index (χ4v) is 4.31. The smallest absolute Gasteiger partial charge is 0.249 e. The molecule has 4 aromatic rings. The third-order valence-corrected chi connectivity index (χ3v) is 6.30. The van der Waals surface area contributed by atoms with Crippen molar-refractivity contribution in [3.8, 4) is 5.75 Å². The number of aryl methyl sites for hydroxylation is 1. The van der Waals surface area contributed by atoms with E-state index in [9.17, 15) is 9.59 Å². The van der Waals surface area contributed by atoms with Crippen LogP contribution in [0.1, 0.15) is 44.4 Å². The number of carbonyl (C=O) groups is 2. The van der Waals surface area contributed by atoms with Crippen LogP contribution in [0.15, 0.2) is 72.8 Å². The molecule has 1 atom stereocenters. The highest BCUT2D eigenvalue weighted by atomic mass is 16.5. The molecule has 3 aromatic carbocycles. The number of hydrogen-bond acceptors (Lipinski definition) is 5. The highest BCUT2D eigenvalue weighted by Crippen LogP contribution is 2.31. The molecule has 0 unspecified atom stereocenters. The van der Waals surface area contributed by atoms with Gasteiger partial charge in [-0.1, -0.05) is 67.1 Å². The molecule has 0 radical (unpaired) electrons. The summed E-state index contributed by atoms with van der Waals surface area (Å²) in [7, 11) is 0. The summed E-state index contributed by atoms with van der Waals surface area (Å²) in [4.78, 5) is 29.4. The number of para-hydroxylation sites is 1. The summed E-state index contributed by atoms with van der Waals surface area (Å²) in [5.74, 6) is 0.526. The molecule has 0 spiro atoms. The van der Waals surface area contributed by atoms with E-state index in [0.29, 0.717) is 36.0 Å². The van der Waals surface area contributed by atoms with Crippen LogP contribution in [0.25, 0.3) is 11.0 Å². The standard InChI is InChI=1S/C30H35N5O3/c1-5-38-25-10-8-9-24(19-25)35(28(36)20-34-27-12-7-6-11-26(27)32-33-34)29(23-15-13-22(4)14-16-23)30(37)31-18-17-21(2)3/h6-16,19,21,29H,5,17-18,20H2,1-4H3,(H,31,37)/t29-/m1/s1. The maximum atomic E-state index is 14.1. The SMILES string of the molecule is CCOc1cccc(N(C(=O)Cn2nnc3ccccc32)[C@@H](C(=O)NCCC(C)C)c2ccc(C)cc2)c1. The molecule has 8 heteroatoms. The summed E-state index contributed by atoms with van der Waals surface area (Å²) < 4.78 is 7.30. The van der Waals surface area contributed by atoms with Crippen molar-refractivity contribution >= 4 is 28.5 Å². The van der Waals surface area contributed by atoms with Crippen molar-refractivity contribution in [3.63, 3.8) is 0 Å². The van der Waals surface area contributed by atoms with E-state index >= 15 is 0 Å². The second-order valence-electron chi connectivity index (χ2n) is 9.72. The molecule has 0 saturated carbocycles. The molecular weight excluding hydrogens is 478 g/mol. The lowest BCUT2D eigenvalue weighted by atomic mass is 10.0. The fourth-order valence-electron chi connectivity index (χ4n) is 4.31. The van der Waals surface area contributed by atoms with Gasteiger partial charge in [0.15, 0.2) is 0 Å². The third kappa shape index (κ3) is 6.37. The van der Waals surface area contributed by atoms with Crippen molar-refractivity contribution in [1.82, 2.24) is 20.3 Å². The van der Waals surface area contributed by atoms with Crippen LogP contribution in [0.4, 0.5) is 5.69 Å². The first kappa shape index (κ1) is 26.9. The minimum absolute atomic E-state index is 0.0823. The largest absolute Gasteiger partial charge is 0.494 e. The van der Waals surface area contributed by atoms with Gasteiger partial charge in [-0.15, -0.1) is 5.10 Å². The molecular formula is C30H35N5O3. The van der Waals surface area contributed by atoms with Gasteiger partial charge in [-0.2, -0.15) is 0 Å². The second kappa shape index (κ2) is 12.4. The summed E-state index contributed by atoms with van der Waals surface area (Å²) in [5, 5.41) is 11.5. The molecule has 4 rings (SSSR count). The third-order valence-electron chi connectivity index (χ3n) is 6.30. The molecule has 1 N–H and O–H groups in total. The van der Waals surface area contributed by atoms with Crippen LogP contribution in [-0.2, 0) is 16.1 Å². The van der Waals surface area contributed by atoms with Crippen molar-refractivity contribution in [2.45, 2.75) is 46.7 Å². The van der Waals surface area contributed by atoms with Gasteiger partial charge in [-0.05, 0) is 56.0 Å². The number of benzene rings is 3. The summed E-state index contributed by atoms with van der Waals surface area (Å²) >= 11 is 0. The van der Waals surface area contributed by atoms with Gasteiger partial charge < -0.3 is 10.1 Å². The van der Waals surface area contributed by atoms with Crippen LogP contribution in [0.3, 0.4) is 0 Å². The lowest BCUT2D eigenvalue weighted by molar-refractivity contribution is -0.127. The number of anilines is 1. The second-order valence-corrected chi connectivity index (χ2v) is 9.72. The maximum Gasteiger partial charge on any atom is 0.249 e. The minimum atomic E-state index is -0.887. The summed E-state index contributed by atoms with van der Waals surface area (Å²) in [5.41, 5.74) is 3.80. The van der Waals surface area contributed by atoms with Crippen LogP contribution < -0.4 is 15.0 Å². The molecule has 0 aliphatic carbocycles. The van der Waals surface area contributed by atoms with Crippen molar-refractivity contribution in [1.29, 1.82) is 0 Å². The van der Waals surface area contributed by atoms with Crippen LogP contribution in [0.5, 0.6) is 5.75 Å². The van der Waals surface area contributed by atoms with E-state index in [1.807, 2.05) is 80.6 Å². The molecule has 0 aliphatic heterocycles. The molecule has 0 fully saturated rings. The van der Waals surface area contributed by atoms with E-state index in [0.717, 1.165) is 23.1 Å². The maximum absolute atomic E-state index is 14.1. The Morgan fingerprint density at radius 3 is 2.53 bits per heavy atom. The van der Waals surface area contributed by atoms with Gasteiger partial charge >= 0.3 is 0 Å². The van der Waals surface area contributed by atoms with Crippen LogP contribution in [0.2, 0.25) is 0 Å². The first-order valence-corrected chi connectivity index (χ1v) is 13.0. The predicted molar refractivity (Wildman–Crippen MR) is 149 cm³/mol. The molecule has 0 saturated heterocycles. The Labute approximate surface area is 223 Å². The van der Waals surface area contributed by atoms with Gasteiger partial charge in [0.05, 0.1) is 12.1 Å². The zero-order valence-electron chi connectivity index (χ0n) is 22.4. The molecule has 38 heavy (non-hydrogen) atoms. The highest BCUT2D eigenvalue weighted by Gasteiger charge is 2.33. The zero-order chi connectivity index (χ0) is 27.1. The monoisotopic (exact) mass is 513 g/mol. The van der Waals surface area contributed by atoms with Crippen molar-refractivity contribution < 1.29 is 14.3 Å². The van der Waals surface area contributed by atoms with Gasteiger partial charge in [0.1, 0.15) is 23.9 Å². The topological polar surface area (TPSA) is 89.3 Å². The van der Waals surface area contributed by atoms with E-state index in [2.05, 4.69) is 29.5 Å². The minimum Gasteiger partial charge on any atom is -0.494 e. The summed E-state index contributed by atoms with van der Waals surface area (Å²) in [6, 6.07) is 21.6. The lowest BCUT2D eigenvalue weighted by Gasteiger charge is -2.32. The number of amides is 2. The number of nitrogens with zero attached hydrogens (tertiary/aromatic N) is 4. The molecule has 0 bridgehead atoms. The van der Waals surface area contributed by atoms with Crippen LogP contribution >= 0.6 is 0 Å². The Balaban J connectivity index is 1.78. The molecule has 8 nitrogen and oxygen atoms in total. The first-order valence-electron chi connectivity index (χ1n) is 13.0. The number of hydrogen-bond donors (Lipinski definition) is 1. The Morgan fingerprint density at radius 1 is 1.03 bits per heavy atom. The highest BCUT2D eigenvalue weighted by molar-refractivity contribution is 6.01. The zero-order valence-corrected chi connectivity index (χ0v) is 22.4. The summed E-state index contributed by atoms with van der Waals surface area (Å²) in [6.45, 7) is 9.05. The number of nitrogens with one attached hydrogen (secondary N) is 1. The fraction of sp³-hybridized carbons (Fsp3) is 0.333. The Hall–Kier alpha value is -4.20. The average Bonchev–Trinajstić information content (AvgIpc) is 3.30. The lowest BCUT2D eigenvalue weighted by Crippen LogP contribution is -2.45. The molecule has 1 aromatic heterocycles. The average molecular weight is 514 g/mol. The van der Waals surface area contributed by atoms with Gasteiger partial charge in [-0.25, -0.2) is 4.68 Å². The Kier molecular flexibility index (Phi) is 8.73. The Morgan fingerprint density at radius 2 is 1.79 bits per heavy atom. The van der Waals surface area contributed by atoms with Gasteiger partial charge in [-0.3, -0.25) is 14.5 Å². The predicted octanol–water partition coefficient (Wildman–Crippen LogP) is 5.08. The Bertz CT molecular complexity index is 1380. The van der Waals surface area contributed by atoms with Crippen molar-refractivity contribution in [2.75, 3.05) is 18.1 Å². The van der Waals surface area contributed by atoms with E-state index in [-0.39, 0.29) is 18.4 Å². The number of carbonyl (C=O) groups excluding carboxylic acids is 2. The molecule has 1 heterocycles. The van der Waals surface area contributed by atoms with E-state index < -0.39 is 6.04 Å². The number of ether oxygens (including phenoxy) is 1. The van der Waals surface area contributed by atoms with Crippen molar-refractivity contribution in [3.05, 3.63) is 83.9 Å². The number of aromatic nitrogens is 3. The van der Waals surface area contributed by atoms with Gasteiger partial charge in [0.2, 0.25) is 11.8 Å². The molecule has 2 amide bonds. The van der Waals surface area contributed by atoms with Crippen LogP contribution in [-0.4, -0.2) is 40.0 Å².